The largest absolute Gasteiger partial charge is 0.433 e. The lowest BCUT2D eigenvalue weighted by Gasteiger charge is -2.17. The van der Waals surface area contributed by atoms with Crippen LogP contribution in [0.25, 0.3) is 5.69 Å². The number of nitrogens with zero attached hydrogens (tertiary/aromatic N) is 3. The van der Waals surface area contributed by atoms with Crippen LogP contribution in [-0.2, 0) is 6.18 Å². The Morgan fingerprint density at radius 3 is 2.36 bits per heavy atom. The van der Waals surface area contributed by atoms with E-state index in [1.54, 1.807) is 12.3 Å². The van der Waals surface area contributed by atoms with Gasteiger partial charge in [-0.25, -0.2) is 18.4 Å². The molecule has 2 rings (SSSR count). The molecule has 0 atom stereocenters. The summed E-state index contributed by atoms with van der Waals surface area (Å²) in [6, 6.07) is 3.82. The van der Waals surface area contributed by atoms with Crippen molar-refractivity contribution in [1.29, 1.82) is 5.26 Å². The second kappa shape index (κ2) is 6.64. The Hall–Kier alpha value is -2.74. The first-order valence-corrected chi connectivity index (χ1v) is 7.80. The van der Waals surface area contributed by atoms with E-state index in [0.717, 1.165) is 30.9 Å². The van der Waals surface area contributed by atoms with Crippen LogP contribution in [0.3, 0.4) is 0 Å². The van der Waals surface area contributed by atoms with Crippen molar-refractivity contribution in [3.05, 3.63) is 56.1 Å². The minimum Gasteiger partial charge on any atom is -0.325 e. The van der Waals surface area contributed by atoms with Crippen molar-refractivity contribution in [3.8, 4) is 11.8 Å². The number of hydrogen-bond acceptors (Lipinski definition) is 5. The van der Waals surface area contributed by atoms with Crippen LogP contribution in [0.1, 0.15) is 11.3 Å². The number of aromatic nitrogens is 2. The van der Waals surface area contributed by atoms with E-state index in [1.165, 1.54) is 0 Å². The number of nitriles is 1. The lowest BCUT2D eigenvalue weighted by atomic mass is 10.2. The van der Waals surface area contributed by atoms with Crippen LogP contribution in [0.2, 0.25) is 0 Å². The van der Waals surface area contributed by atoms with Crippen molar-refractivity contribution < 1.29 is 17.6 Å². The van der Waals surface area contributed by atoms with Gasteiger partial charge < -0.3 is 5.43 Å². The van der Waals surface area contributed by atoms with Crippen LogP contribution in [0.5, 0.6) is 0 Å². The zero-order valence-corrected chi connectivity index (χ0v) is 13.6. The number of benzene rings is 1. The first-order valence-electron chi connectivity index (χ1n) is 6.57. The van der Waals surface area contributed by atoms with Gasteiger partial charge >= 0.3 is 11.9 Å². The molecule has 0 saturated heterocycles. The van der Waals surface area contributed by atoms with Crippen molar-refractivity contribution in [2.75, 3.05) is 18.7 Å². The molecule has 1 aromatic carbocycles. The van der Waals surface area contributed by atoms with Gasteiger partial charge in [-0.1, -0.05) is 0 Å². The maximum atomic E-state index is 14.3. The summed E-state index contributed by atoms with van der Waals surface area (Å²) >= 11 is 1.06. The summed E-state index contributed by atoms with van der Waals surface area (Å²) in [7, 11) is 1.05. The molecule has 6 nitrogen and oxygen atoms in total. The highest BCUT2D eigenvalue weighted by Crippen LogP contribution is 2.28. The summed E-state index contributed by atoms with van der Waals surface area (Å²) in [5.74, 6) is -1.09. The first kappa shape index (κ1) is 18.6. The highest BCUT2D eigenvalue weighted by atomic mass is 32.2. The maximum absolute atomic E-state index is 14.3. The smallest absolute Gasteiger partial charge is 0.325 e. The molecule has 0 amide bonds. The Morgan fingerprint density at radius 1 is 1.24 bits per heavy atom. The van der Waals surface area contributed by atoms with Gasteiger partial charge in [0.25, 0.3) is 5.56 Å². The molecule has 11 heteroatoms. The SMILES string of the molecule is CNn1c(C(F)(F)F)cc(=O)n(-c2cc(SC)c(C#N)cc2F)c1=O. The molecule has 0 radical (unpaired) electrons. The minimum atomic E-state index is -4.96. The Morgan fingerprint density at radius 2 is 1.88 bits per heavy atom. The molecule has 0 spiro atoms. The molecule has 132 valence electrons. The summed E-state index contributed by atoms with van der Waals surface area (Å²) in [4.78, 5) is 24.7. The number of nitrogens with one attached hydrogen (secondary N) is 1. The van der Waals surface area contributed by atoms with Crippen LogP contribution < -0.4 is 16.7 Å². The van der Waals surface area contributed by atoms with Gasteiger partial charge in [0.05, 0.1) is 11.3 Å². The van der Waals surface area contributed by atoms with Gasteiger partial charge in [0.1, 0.15) is 11.9 Å². The van der Waals surface area contributed by atoms with E-state index in [9.17, 15) is 27.2 Å². The molecule has 0 saturated carbocycles. The van der Waals surface area contributed by atoms with Crippen molar-refractivity contribution in [2.24, 2.45) is 0 Å². The van der Waals surface area contributed by atoms with Gasteiger partial charge in [-0.15, -0.1) is 11.8 Å². The Balaban J connectivity index is 2.89. The Labute approximate surface area is 142 Å². The molecule has 1 heterocycles. The summed E-state index contributed by atoms with van der Waals surface area (Å²) in [6.07, 6.45) is -3.38. The predicted molar refractivity (Wildman–Crippen MR) is 83.0 cm³/mol. The molecule has 0 aliphatic heterocycles. The van der Waals surface area contributed by atoms with E-state index in [-0.39, 0.29) is 25.8 Å². The molecule has 25 heavy (non-hydrogen) atoms. The van der Waals surface area contributed by atoms with Crippen molar-refractivity contribution >= 4 is 11.8 Å². The van der Waals surface area contributed by atoms with E-state index in [1.807, 2.05) is 5.43 Å². The fraction of sp³-hybridized carbons (Fsp3) is 0.214. The monoisotopic (exact) mass is 374 g/mol. The third kappa shape index (κ3) is 3.25. The first-order chi connectivity index (χ1) is 11.6. The number of hydrogen-bond donors (Lipinski definition) is 1. The van der Waals surface area contributed by atoms with Crippen molar-refractivity contribution in [2.45, 2.75) is 11.1 Å². The Bertz CT molecular complexity index is 989. The van der Waals surface area contributed by atoms with E-state index >= 15 is 0 Å². The standard InChI is InChI=1S/C14H10F4N4O2S/c1-20-22-11(14(16,17)18)5-12(23)21(13(22)24)9-4-10(25-2)7(6-19)3-8(9)15/h3-5,20H,1-2H3. The van der Waals surface area contributed by atoms with Gasteiger partial charge in [-0.2, -0.15) is 18.4 Å². The molecule has 1 aromatic heterocycles. The molecule has 1 N–H and O–H groups in total. The second-order valence-electron chi connectivity index (χ2n) is 4.66. The normalized spacial score (nSPS) is 11.2. The average molecular weight is 374 g/mol. The molecule has 0 aliphatic rings. The summed E-state index contributed by atoms with van der Waals surface area (Å²) in [6.45, 7) is 0. The van der Waals surface area contributed by atoms with Crippen molar-refractivity contribution in [1.82, 2.24) is 9.24 Å². The number of alkyl halides is 3. The fourth-order valence-electron chi connectivity index (χ4n) is 2.16. The zero-order chi connectivity index (χ0) is 18.9. The predicted octanol–water partition coefficient (Wildman–Crippen LogP) is 1.92. The van der Waals surface area contributed by atoms with Gasteiger partial charge in [-0.3, -0.25) is 4.79 Å². The Kier molecular flexibility index (Phi) is 4.94. The van der Waals surface area contributed by atoms with Crippen molar-refractivity contribution in [3.63, 3.8) is 0 Å². The highest BCUT2D eigenvalue weighted by molar-refractivity contribution is 7.98. The van der Waals surface area contributed by atoms with Gasteiger partial charge in [-0.05, 0) is 18.4 Å². The minimum absolute atomic E-state index is 0.0253. The topological polar surface area (TPSA) is 79.8 Å². The highest BCUT2D eigenvalue weighted by Gasteiger charge is 2.36. The summed E-state index contributed by atoms with van der Waals surface area (Å²) < 4.78 is 53.5. The molecular weight excluding hydrogens is 364 g/mol. The van der Waals surface area contributed by atoms with Gasteiger partial charge in [0.2, 0.25) is 0 Å². The van der Waals surface area contributed by atoms with E-state index in [4.69, 9.17) is 5.26 Å². The van der Waals surface area contributed by atoms with Gasteiger partial charge in [0, 0.05) is 18.0 Å². The van der Waals surface area contributed by atoms with Crippen LogP contribution >= 0.6 is 11.8 Å². The molecule has 0 aliphatic carbocycles. The van der Waals surface area contributed by atoms with E-state index in [0.29, 0.717) is 0 Å². The fourth-order valence-corrected chi connectivity index (χ4v) is 2.71. The van der Waals surface area contributed by atoms with Crippen LogP contribution in [-0.4, -0.2) is 22.5 Å². The lowest BCUT2D eigenvalue weighted by molar-refractivity contribution is -0.143. The summed E-state index contributed by atoms with van der Waals surface area (Å²) in [5.41, 5.74) is -2.83. The second-order valence-corrected chi connectivity index (χ2v) is 5.51. The molecule has 0 unspecified atom stereocenters. The molecule has 0 fully saturated rings. The molecular formula is C14H10F4N4O2S. The quantitative estimate of drug-likeness (QED) is 0.656. The van der Waals surface area contributed by atoms with Crippen LogP contribution in [0.4, 0.5) is 17.6 Å². The number of rotatable bonds is 3. The third-order valence-corrected chi connectivity index (χ3v) is 4.03. The van der Waals surface area contributed by atoms with E-state index < -0.39 is 34.6 Å². The van der Waals surface area contributed by atoms with E-state index in [2.05, 4.69) is 0 Å². The van der Waals surface area contributed by atoms with Crippen LogP contribution in [0, 0.1) is 17.1 Å². The zero-order valence-electron chi connectivity index (χ0n) is 12.8. The summed E-state index contributed by atoms with van der Waals surface area (Å²) in [5, 5.41) is 8.95. The third-order valence-electron chi connectivity index (χ3n) is 3.25. The lowest BCUT2D eigenvalue weighted by Crippen LogP contribution is -2.44. The van der Waals surface area contributed by atoms with Gasteiger partial charge in [0.15, 0.2) is 5.69 Å². The maximum Gasteiger partial charge on any atom is 0.433 e. The number of thioether (sulfide) groups is 1. The molecule has 0 bridgehead atoms. The van der Waals surface area contributed by atoms with Crippen LogP contribution in [0.15, 0.2) is 32.7 Å². The molecule has 2 aromatic rings. The average Bonchev–Trinajstić information content (AvgIpc) is 2.54. The number of halogens is 4.